The molecule has 0 aromatic heterocycles. The molecule has 214 valence electrons. The Labute approximate surface area is 237 Å². The van der Waals surface area contributed by atoms with E-state index < -0.39 is 35.6 Å². The molecule has 0 aliphatic carbocycles. The third-order valence-electron chi connectivity index (χ3n) is 6.11. The predicted molar refractivity (Wildman–Crippen MR) is 155 cm³/mol. The number of nitrogens with one attached hydrogen (secondary N) is 2. The van der Waals surface area contributed by atoms with Gasteiger partial charge in [-0.25, -0.2) is 4.79 Å². The third-order valence-corrected chi connectivity index (χ3v) is 6.42. The zero-order valence-corrected chi connectivity index (χ0v) is 24.6. The Balaban J connectivity index is 2.46. The molecule has 3 N–H and O–H groups in total. The Morgan fingerprint density at radius 3 is 2.33 bits per heavy atom. The number of carbonyl (C=O) groups excluding carboxylic acids is 3. The summed E-state index contributed by atoms with van der Waals surface area (Å²) in [4.78, 5) is 41.6. The van der Waals surface area contributed by atoms with Gasteiger partial charge in [-0.2, -0.15) is 0 Å². The van der Waals surface area contributed by atoms with Gasteiger partial charge in [-0.1, -0.05) is 68.5 Å². The van der Waals surface area contributed by atoms with Gasteiger partial charge in [0.05, 0.1) is 10.7 Å². The van der Waals surface area contributed by atoms with Crippen LogP contribution < -0.4 is 10.6 Å². The maximum atomic E-state index is 13.9. The van der Waals surface area contributed by atoms with E-state index in [2.05, 4.69) is 17.6 Å². The normalized spacial score (nSPS) is 12.8. The number of para-hydroxylation sites is 1. The number of alkyl carbamates (subject to hydrolysis) is 1. The number of benzene rings is 2. The second kappa shape index (κ2) is 14.8. The second-order valence-corrected chi connectivity index (χ2v) is 11.1. The maximum absolute atomic E-state index is 13.9. The molecule has 8 nitrogen and oxygen atoms in total. The number of phenols is 1. The zero-order chi connectivity index (χ0) is 29.2. The molecule has 0 bridgehead atoms. The predicted octanol–water partition coefficient (Wildman–Crippen LogP) is 6.75. The van der Waals surface area contributed by atoms with E-state index in [1.807, 2.05) is 13.0 Å². The number of phenolic OH excluding ortho intramolecular Hbond substituents is 1. The topological polar surface area (TPSA) is 108 Å². The highest BCUT2D eigenvalue weighted by atomic mass is 35.5. The number of rotatable bonds is 12. The molecule has 0 aliphatic rings. The number of anilines is 1. The molecular weight excluding hydrogens is 518 g/mol. The van der Waals surface area contributed by atoms with Gasteiger partial charge in [0.1, 0.15) is 23.4 Å². The van der Waals surface area contributed by atoms with Crippen molar-refractivity contribution in [1.29, 1.82) is 0 Å². The van der Waals surface area contributed by atoms with Crippen molar-refractivity contribution in [2.75, 3.05) is 11.9 Å². The van der Waals surface area contributed by atoms with E-state index >= 15 is 0 Å². The summed E-state index contributed by atoms with van der Waals surface area (Å²) in [5, 5.41) is 16.1. The van der Waals surface area contributed by atoms with Crippen molar-refractivity contribution in [3.8, 4) is 5.75 Å². The van der Waals surface area contributed by atoms with Crippen molar-refractivity contribution in [2.24, 2.45) is 0 Å². The maximum Gasteiger partial charge on any atom is 0.408 e. The monoisotopic (exact) mass is 559 g/mol. The fourth-order valence-electron chi connectivity index (χ4n) is 4.20. The van der Waals surface area contributed by atoms with E-state index in [0.29, 0.717) is 22.7 Å². The number of aryl methyl sites for hydroxylation is 1. The standard InChI is InChI=1S/C30H42ClN3O5/c1-7-8-9-10-11-18-34(28(37)21(3)32-29(38)39-30(4,5)6)26(22-15-13-16-23(35)19-22)27(36)33-25-20(2)14-12-17-24(25)31/h12-17,19,21,26,35H,7-11,18H2,1-6H3,(H,32,38)(H,33,36). The molecule has 0 saturated carbocycles. The molecule has 39 heavy (non-hydrogen) atoms. The van der Waals surface area contributed by atoms with Gasteiger partial charge in [-0.3, -0.25) is 9.59 Å². The number of aromatic hydroxyl groups is 1. The van der Waals surface area contributed by atoms with Crippen LogP contribution in [0.3, 0.4) is 0 Å². The van der Waals surface area contributed by atoms with Crippen LogP contribution in [0.1, 0.15) is 83.9 Å². The lowest BCUT2D eigenvalue weighted by molar-refractivity contribution is -0.140. The fraction of sp³-hybridized carbons (Fsp3) is 0.500. The summed E-state index contributed by atoms with van der Waals surface area (Å²) in [7, 11) is 0. The first kappa shape index (κ1) is 32.0. The number of unbranched alkanes of at least 4 members (excludes halogenated alkanes) is 4. The van der Waals surface area contributed by atoms with Gasteiger partial charge in [-0.05, 0) is 70.4 Å². The van der Waals surface area contributed by atoms with Crippen molar-refractivity contribution in [3.05, 3.63) is 58.6 Å². The Bertz CT molecular complexity index is 1110. The van der Waals surface area contributed by atoms with Gasteiger partial charge in [0, 0.05) is 6.54 Å². The van der Waals surface area contributed by atoms with E-state index in [0.717, 1.165) is 31.2 Å². The van der Waals surface area contributed by atoms with E-state index in [1.54, 1.807) is 52.0 Å². The van der Waals surface area contributed by atoms with Crippen LogP contribution in [0.5, 0.6) is 5.75 Å². The van der Waals surface area contributed by atoms with Gasteiger partial charge >= 0.3 is 6.09 Å². The summed E-state index contributed by atoms with van der Waals surface area (Å²) in [5.74, 6) is -0.964. The molecule has 2 atom stereocenters. The van der Waals surface area contributed by atoms with Crippen LogP contribution in [0.4, 0.5) is 10.5 Å². The SMILES string of the molecule is CCCCCCCN(C(=O)C(C)NC(=O)OC(C)(C)C)C(C(=O)Nc1c(C)cccc1Cl)c1cccc(O)c1. The van der Waals surface area contributed by atoms with Crippen LogP contribution in [-0.2, 0) is 14.3 Å². The lowest BCUT2D eigenvalue weighted by Crippen LogP contribution is -2.51. The highest BCUT2D eigenvalue weighted by Gasteiger charge is 2.35. The molecule has 2 aromatic carbocycles. The van der Waals surface area contributed by atoms with E-state index in [9.17, 15) is 19.5 Å². The van der Waals surface area contributed by atoms with Crippen LogP contribution in [0, 0.1) is 6.92 Å². The van der Waals surface area contributed by atoms with Crippen LogP contribution in [0.2, 0.25) is 5.02 Å². The smallest absolute Gasteiger partial charge is 0.408 e. The number of hydrogen-bond acceptors (Lipinski definition) is 5. The van der Waals surface area contributed by atoms with Crippen LogP contribution in [-0.4, -0.2) is 46.1 Å². The Kier molecular flexibility index (Phi) is 12.1. The van der Waals surface area contributed by atoms with Crippen molar-refractivity contribution in [2.45, 2.75) is 91.3 Å². The largest absolute Gasteiger partial charge is 0.508 e. The number of nitrogens with zero attached hydrogens (tertiary/aromatic N) is 1. The number of halogens is 1. The average molecular weight is 560 g/mol. The molecule has 0 fully saturated rings. The first-order valence-electron chi connectivity index (χ1n) is 13.5. The summed E-state index contributed by atoms with van der Waals surface area (Å²) in [6, 6.07) is 9.51. The van der Waals surface area contributed by atoms with Crippen LogP contribution in [0.15, 0.2) is 42.5 Å². The molecule has 9 heteroatoms. The summed E-state index contributed by atoms with van der Waals surface area (Å²) in [5.41, 5.74) is 0.916. The summed E-state index contributed by atoms with van der Waals surface area (Å²) in [6.45, 7) is 11.0. The first-order valence-corrected chi connectivity index (χ1v) is 13.9. The zero-order valence-electron chi connectivity index (χ0n) is 23.8. The average Bonchev–Trinajstić information content (AvgIpc) is 2.83. The van der Waals surface area contributed by atoms with Crippen molar-refractivity contribution in [3.63, 3.8) is 0 Å². The van der Waals surface area contributed by atoms with Crippen molar-refractivity contribution >= 4 is 35.2 Å². The molecule has 0 aliphatic heterocycles. The van der Waals surface area contributed by atoms with E-state index in [-0.39, 0.29) is 12.3 Å². The van der Waals surface area contributed by atoms with Gasteiger partial charge < -0.3 is 25.4 Å². The second-order valence-electron chi connectivity index (χ2n) is 10.7. The van der Waals surface area contributed by atoms with Crippen molar-refractivity contribution < 1.29 is 24.2 Å². The lowest BCUT2D eigenvalue weighted by atomic mass is 10.0. The number of amides is 3. The minimum atomic E-state index is -1.09. The van der Waals surface area contributed by atoms with Crippen LogP contribution in [0.25, 0.3) is 0 Å². The molecular formula is C30H42ClN3O5. The molecule has 0 spiro atoms. The summed E-state index contributed by atoms with van der Waals surface area (Å²) < 4.78 is 5.33. The van der Waals surface area contributed by atoms with Gasteiger partial charge in [-0.15, -0.1) is 0 Å². The van der Waals surface area contributed by atoms with E-state index in [1.165, 1.54) is 17.0 Å². The minimum absolute atomic E-state index is 0.0329. The molecule has 0 heterocycles. The van der Waals surface area contributed by atoms with E-state index in [4.69, 9.17) is 16.3 Å². The quantitative estimate of drug-likeness (QED) is 0.249. The highest BCUT2D eigenvalue weighted by molar-refractivity contribution is 6.34. The van der Waals surface area contributed by atoms with Crippen molar-refractivity contribution in [1.82, 2.24) is 10.2 Å². The molecule has 2 unspecified atom stereocenters. The summed E-state index contributed by atoms with van der Waals surface area (Å²) >= 11 is 6.39. The van der Waals surface area contributed by atoms with Gasteiger partial charge in [0.25, 0.3) is 5.91 Å². The number of carbonyl (C=O) groups is 3. The third kappa shape index (κ3) is 10.1. The molecule has 0 saturated heterocycles. The molecule has 2 rings (SSSR count). The highest BCUT2D eigenvalue weighted by Crippen LogP contribution is 2.30. The molecule has 0 radical (unpaired) electrons. The van der Waals surface area contributed by atoms with Crippen LogP contribution >= 0.6 is 11.6 Å². The Morgan fingerprint density at radius 1 is 1.05 bits per heavy atom. The number of hydrogen-bond donors (Lipinski definition) is 3. The summed E-state index contributed by atoms with van der Waals surface area (Å²) in [6.07, 6.45) is 3.97. The lowest BCUT2D eigenvalue weighted by Gasteiger charge is -2.34. The van der Waals surface area contributed by atoms with Gasteiger partial charge in [0.2, 0.25) is 5.91 Å². The number of ether oxygens (including phenoxy) is 1. The fourth-order valence-corrected chi connectivity index (χ4v) is 4.47. The first-order chi connectivity index (χ1) is 18.3. The Hall–Kier alpha value is -3.26. The van der Waals surface area contributed by atoms with Gasteiger partial charge in [0.15, 0.2) is 0 Å². The molecule has 3 amide bonds. The molecule has 2 aromatic rings. The minimum Gasteiger partial charge on any atom is -0.508 e. The Morgan fingerprint density at radius 2 is 1.72 bits per heavy atom.